The Morgan fingerprint density at radius 2 is 1.88 bits per heavy atom. The highest BCUT2D eigenvalue weighted by atomic mass is 35.5. The van der Waals surface area contributed by atoms with Crippen molar-refractivity contribution in [1.82, 2.24) is 15.1 Å². The number of hydrogen-bond donors (Lipinski definition) is 1. The van der Waals surface area contributed by atoms with E-state index < -0.39 is 0 Å². The summed E-state index contributed by atoms with van der Waals surface area (Å²) < 4.78 is 0. The first kappa shape index (κ1) is 22.2. The minimum atomic E-state index is 0. The summed E-state index contributed by atoms with van der Waals surface area (Å²) >= 11 is 0. The fourth-order valence-corrected chi connectivity index (χ4v) is 4.17. The number of halogens is 2. The highest BCUT2D eigenvalue weighted by Gasteiger charge is 2.46. The summed E-state index contributed by atoms with van der Waals surface area (Å²) in [5.41, 5.74) is 1.65. The number of benzene rings is 1. The number of carbonyl (C=O) groups is 1. The van der Waals surface area contributed by atoms with Gasteiger partial charge in [-0.05, 0) is 56.8 Å². The van der Waals surface area contributed by atoms with Crippen LogP contribution >= 0.6 is 24.8 Å². The summed E-state index contributed by atoms with van der Waals surface area (Å²) in [4.78, 5) is 17.1. The lowest BCUT2D eigenvalue weighted by Gasteiger charge is -2.33. The molecular weight excluding hydrogens is 357 g/mol. The minimum Gasteiger partial charge on any atom is -0.344 e. The second-order valence-electron chi connectivity index (χ2n) is 7.38. The molecule has 142 valence electrons. The van der Waals surface area contributed by atoms with Crippen LogP contribution < -0.4 is 5.32 Å². The first-order chi connectivity index (χ1) is 11.1. The van der Waals surface area contributed by atoms with Crippen molar-refractivity contribution >= 4 is 30.7 Å². The van der Waals surface area contributed by atoms with E-state index in [-0.39, 0.29) is 30.9 Å². The number of hydrogen-bond acceptors (Lipinski definition) is 3. The summed E-state index contributed by atoms with van der Waals surface area (Å²) in [6.45, 7) is 4.05. The molecule has 0 bridgehead atoms. The van der Waals surface area contributed by atoms with Gasteiger partial charge >= 0.3 is 0 Å². The Kier molecular flexibility index (Phi) is 8.69. The summed E-state index contributed by atoms with van der Waals surface area (Å²) in [5.74, 6) is 0.291. The van der Waals surface area contributed by atoms with Crippen LogP contribution in [-0.2, 0) is 11.2 Å². The maximum absolute atomic E-state index is 12.9. The number of rotatable bonds is 4. The molecule has 1 atom stereocenters. The van der Waals surface area contributed by atoms with E-state index in [0.29, 0.717) is 11.3 Å². The Balaban J connectivity index is 0.00000156. The third-order valence-electron chi connectivity index (χ3n) is 5.65. The number of amides is 1. The topological polar surface area (TPSA) is 35.6 Å². The van der Waals surface area contributed by atoms with Crippen molar-refractivity contribution in [2.45, 2.75) is 31.7 Å². The SMILES string of the molecule is CN(CCc1ccccc1)C(=O)C1CC2(CCNCC2)CN1C.Cl.Cl. The van der Waals surface area contributed by atoms with Gasteiger partial charge in [0.2, 0.25) is 5.91 Å². The highest BCUT2D eigenvalue weighted by Crippen LogP contribution is 2.41. The van der Waals surface area contributed by atoms with Crippen molar-refractivity contribution < 1.29 is 4.79 Å². The van der Waals surface area contributed by atoms with E-state index in [9.17, 15) is 4.79 Å². The molecule has 1 amide bonds. The van der Waals surface area contributed by atoms with E-state index >= 15 is 0 Å². The van der Waals surface area contributed by atoms with Gasteiger partial charge < -0.3 is 10.2 Å². The van der Waals surface area contributed by atoms with Gasteiger partial charge in [-0.15, -0.1) is 24.8 Å². The molecule has 0 radical (unpaired) electrons. The lowest BCUT2D eigenvalue weighted by molar-refractivity contribution is -0.134. The van der Waals surface area contributed by atoms with E-state index in [1.54, 1.807) is 0 Å². The fraction of sp³-hybridized carbons (Fsp3) is 0.632. The smallest absolute Gasteiger partial charge is 0.239 e. The van der Waals surface area contributed by atoms with Crippen LogP contribution in [0.1, 0.15) is 24.8 Å². The Morgan fingerprint density at radius 1 is 1.24 bits per heavy atom. The monoisotopic (exact) mass is 387 g/mol. The average Bonchev–Trinajstić information content (AvgIpc) is 2.89. The second-order valence-corrected chi connectivity index (χ2v) is 7.38. The van der Waals surface area contributed by atoms with Gasteiger partial charge in [0.25, 0.3) is 0 Å². The van der Waals surface area contributed by atoms with Gasteiger partial charge in [-0.1, -0.05) is 30.3 Å². The summed E-state index contributed by atoms with van der Waals surface area (Å²) in [6, 6.07) is 10.5. The van der Waals surface area contributed by atoms with Crippen LogP contribution in [0.3, 0.4) is 0 Å². The Bertz CT molecular complexity index is 535. The van der Waals surface area contributed by atoms with Crippen LogP contribution in [0.15, 0.2) is 30.3 Å². The molecule has 25 heavy (non-hydrogen) atoms. The molecule has 2 aliphatic rings. The Hall–Kier alpha value is -0.810. The number of nitrogens with one attached hydrogen (secondary N) is 1. The third-order valence-corrected chi connectivity index (χ3v) is 5.65. The van der Waals surface area contributed by atoms with Gasteiger partial charge in [-0.2, -0.15) is 0 Å². The van der Waals surface area contributed by atoms with Crippen LogP contribution in [-0.4, -0.2) is 62.0 Å². The number of carbonyl (C=O) groups excluding carboxylic acids is 1. The van der Waals surface area contributed by atoms with Crippen LogP contribution in [0.4, 0.5) is 0 Å². The zero-order valence-corrected chi connectivity index (χ0v) is 16.9. The number of piperidine rings is 1. The van der Waals surface area contributed by atoms with Crippen molar-refractivity contribution in [2.24, 2.45) is 5.41 Å². The molecule has 2 fully saturated rings. The van der Waals surface area contributed by atoms with E-state index in [0.717, 1.165) is 39.0 Å². The number of nitrogens with zero attached hydrogens (tertiary/aromatic N) is 2. The molecule has 2 aliphatic heterocycles. The standard InChI is InChI=1S/C19H29N3O.2ClH/c1-21(13-8-16-6-4-3-5-7-16)18(23)17-14-19(15-22(17)2)9-11-20-12-10-19;;/h3-7,17,20H,8-15H2,1-2H3;2*1H. The van der Waals surface area contributed by atoms with Crippen LogP contribution in [0, 0.1) is 5.41 Å². The molecule has 4 nitrogen and oxygen atoms in total. The zero-order valence-electron chi connectivity index (χ0n) is 15.2. The Labute approximate surface area is 164 Å². The third kappa shape index (κ3) is 5.33. The first-order valence-electron chi connectivity index (χ1n) is 8.80. The molecule has 2 heterocycles. The molecule has 1 N–H and O–H groups in total. The van der Waals surface area contributed by atoms with Crippen LogP contribution in [0.5, 0.6) is 0 Å². The molecule has 0 aromatic heterocycles. The van der Waals surface area contributed by atoms with Gasteiger partial charge in [0.1, 0.15) is 0 Å². The molecule has 6 heteroatoms. The summed E-state index contributed by atoms with van der Waals surface area (Å²) in [6.07, 6.45) is 4.36. The largest absolute Gasteiger partial charge is 0.344 e. The lowest BCUT2D eigenvalue weighted by Crippen LogP contribution is -2.43. The Morgan fingerprint density at radius 3 is 2.52 bits per heavy atom. The molecule has 1 aromatic rings. The lowest BCUT2D eigenvalue weighted by atomic mass is 9.77. The van der Waals surface area contributed by atoms with Gasteiger partial charge in [0.05, 0.1) is 6.04 Å². The average molecular weight is 388 g/mol. The number of likely N-dealkylation sites (tertiary alicyclic amines) is 1. The maximum Gasteiger partial charge on any atom is 0.239 e. The second kappa shape index (κ2) is 9.77. The van der Waals surface area contributed by atoms with E-state index in [1.807, 2.05) is 18.0 Å². The minimum absolute atomic E-state index is 0. The van der Waals surface area contributed by atoms with Crippen molar-refractivity contribution in [3.05, 3.63) is 35.9 Å². The van der Waals surface area contributed by atoms with Gasteiger partial charge in [-0.3, -0.25) is 9.69 Å². The van der Waals surface area contributed by atoms with Crippen molar-refractivity contribution in [3.63, 3.8) is 0 Å². The molecule has 2 saturated heterocycles. The van der Waals surface area contributed by atoms with E-state index in [1.165, 1.54) is 18.4 Å². The highest BCUT2D eigenvalue weighted by molar-refractivity contribution is 5.85. The maximum atomic E-state index is 12.9. The normalized spacial score (nSPS) is 22.1. The molecule has 1 unspecified atom stereocenters. The predicted octanol–water partition coefficient (Wildman–Crippen LogP) is 2.61. The van der Waals surface area contributed by atoms with E-state index in [4.69, 9.17) is 0 Å². The van der Waals surface area contributed by atoms with Crippen molar-refractivity contribution in [2.75, 3.05) is 40.3 Å². The van der Waals surface area contributed by atoms with Crippen LogP contribution in [0.2, 0.25) is 0 Å². The molecule has 1 aromatic carbocycles. The summed E-state index contributed by atoms with van der Waals surface area (Å²) in [7, 11) is 4.07. The van der Waals surface area contributed by atoms with Crippen molar-refractivity contribution in [3.8, 4) is 0 Å². The van der Waals surface area contributed by atoms with E-state index in [2.05, 4.69) is 41.5 Å². The fourth-order valence-electron chi connectivity index (χ4n) is 4.17. The molecular formula is C19H31Cl2N3O. The molecule has 0 aliphatic carbocycles. The zero-order chi connectivity index (χ0) is 16.3. The first-order valence-corrected chi connectivity index (χ1v) is 8.80. The number of likely N-dealkylation sites (N-methyl/N-ethyl adjacent to an activating group) is 2. The molecule has 1 spiro atoms. The van der Waals surface area contributed by atoms with Crippen LogP contribution in [0.25, 0.3) is 0 Å². The molecule has 0 saturated carbocycles. The summed E-state index contributed by atoms with van der Waals surface area (Å²) in [5, 5.41) is 3.44. The van der Waals surface area contributed by atoms with Gasteiger partial charge in [-0.25, -0.2) is 0 Å². The van der Waals surface area contributed by atoms with Crippen molar-refractivity contribution in [1.29, 1.82) is 0 Å². The molecule has 3 rings (SSSR count). The van der Waals surface area contributed by atoms with Gasteiger partial charge in [0, 0.05) is 20.1 Å². The predicted molar refractivity (Wildman–Crippen MR) is 108 cm³/mol. The van der Waals surface area contributed by atoms with Gasteiger partial charge in [0.15, 0.2) is 0 Å². The quantitative estimate of drug-likeness (QED) is 0.862.